The molecule has 2 aromatic rings. The monoisotopic (exact) mass is 335 g/mol. The summed E-state index contributed by atoms with van der Waals surface area (Å²) in [7, 11) is 0. The highest BCUT2D eigenvalue weighted by Crippen LogP contribution is 2.30. The van der Waals surface area contributed by atoms with Crippen molar-refractivity contribution in [2.75, 3.05) is 23.3 Å². The number of hydrogen-bond acceptors (Lipinski definition) is 4. The number of carbonyl (C=O) groups is 1. The van der Waals surface area contributed by atoms with Crippen LogP contribution in [0.15, 0.2) is 29.6 Å². The Bertz CT molecular complexity index is 665. The molecule has 4 nitrogen and oxygen atoms in total. The van der Waals surface area contributed by atoms with Crippen molar-refractivity contribution in [2.24, 2.45) is 0 Å². The summed E-state index contributed by atoms with van der Waals surface area (Å²) in [4.78, 5) is 18.7. The molecule has 0 bridgehead atoms. The van der Waals surface area contributed by atoms with Crippen LogP contribution in [-0.2, 0) is 4.79 Å². The van der Waals surface area contributed by atoms with Gasteiger partial charge in [0.1, 0.15) is 5.38 Å². The molecule has 1 aliphatic rings. The van der Waals surface area contributed by atoms with Gasteiger partial charge < -0.3 is 10.2 Å². The van der Waals surface area contributed by atoms with Crippen LogP contribution in [0.3, 0.4) is 0 Å². The van der Waals surface area contributed by atoms with Crippen molar-refractivity contribution in [3.8, 4) is 11.3 Å². The van der Waals surface area contributed by atoms with E-state index in [1.165, 1.54) is 12.8 Å². The molecule has 0 saturated carbocycles. The number of halogens is 1. The highest BCUT2D eigenvalue weighted by molar-refractivity contribution is 7.14. The van der Waals surface area contributed by atoms with Crippen LogP contribution in [0.4, 0.5) is 10.8 Å². The zero-order valence-corrected chi connectivity index (χ0v) is 14.0. The fourth-order valence-electron chi connectivity index (χ4n) is 2.45. The van der Waals surface area contributed by atoms with Crippen LogP contribution in [-0.4, -0.2) is 29.4 Å². The van der Waals surface area contributed by atoms with Crippen molar-refractivity contribution in [2.45, 2.75) is 25.1 Å². The fraction of sp³-hybridized carbons (Fsp3) is 0.375. The number of nitrogens with one attached hydrogen (secondary N) is 1. The predicted molar refractivity (Wildman–Crippen MR) is 92.9 cm³/mol. The SMILES string of the molecule is C[C@@H](Cl)C(=O)Nc1cccc(-c2csc(N3CCCC3)n2)c1. The molecule has 1 aliphatic heterocycles. The normalized spacial score (nSPS) is 15.8. The fourth-order valence-corrected chi connectivity index (χ4v) is 3.39. The molecular weight excluding hydrogens is 318 g/mol. The van der Waals surface area contributed by atoms with Gasteiger partial charge >= 0.3 is 0 Å². The number of thiazole rings is 1. The average Bonchev–Trinajstić information content (AvgIpc) is 3.18. The number of nitrogens with zero attached hydrogens (tertiary/aromatic N) is 2. The first kappa shape index (κ1) is 15.3. The second-order valence-corrected chi connectivity index (χ2v) is 6.89. The molecule has 1 atom stereocenters. The molecule has 0 aliphatic carbocycles. The van der Waals surface area contributed by atoms with Crippen LogP contribution in [0.25, 0.3) is 11.3 Å². The molecule has 1 N–H and O–H groups in total. The van der Waals surface area contributed by atoms with E-state index in [2.05, 4.69) is 15.6 Å². The molecule has 0 radical (unpaired) electrons. The lowest BCUT2D eigenvalue weighted by atomic mass is 10.1. The number of aromatic nitrogens is 1. The molecule has 0 unspecified atom stereocenters. The lowest BCUT2D eigenvalue weighted by molar-refractivity contribution is -0.115. The van der Waals surface area contributed by atoms with Crippen molar-refractivity contribution < 1.29 is 4.79 Å². The standard InChI is InChI=1S/C16H18ClN3OS/c1-11(17)15(21)18-13-6-4-5-12(9-13)14-10-22-16(19-14)20-7-2-3-8-20/h4-6,9-11H,2-3,7-8H2,1H3,(H,18,21)/t11-/m1/s1. The van der Waals surface area contributed by atoms with Crippen LogP contribution in [0.2, 0.25) is 0 Å². The van der Waals surface area contributed by atoms with E-state index in [1.54, 1.807) is 18.3 Å². The van der Waals surface area contributed by atoms with Gasteiger partial charge in [0.15, 0.2) is 5.13 Å². The van der Waals surface area contributed by atoms with Gasteiger partial charge in [-0.25, -0.2) is 4.98 Å². The van der Waals surface area contributed by atoms with E-state index >= 15 is 0 Å². The van der Waals surface area contributed by atoms with E-state index in [0.29, 0.717) is 0 Å². The maximum Gasteiger partial charge on any atom is 0.242 e. The minimum atomic E-state index is -0.551. The molecule has 1 aromatic carbocycles. The van der Waals surface area contributed by atoms with Crippen molar-refractivity contribution in [1.29, 1.82) is 0 Å². The Hall–Kier alpha value is -1.59. The zero-order chi connectivity index (χ0) is 15.5. The summed E-state index contributed by atoms with van der Waals surface area (Å²) >= 11 is 7.46. The summed E-state index contributed by atoms with van der Waals surface area (Å²) in [5.74, 6) is -0.199. The van der Waals surface area contributed by atoms with E-state index < -0.39 is 5.38 Å². The van der Waals surface area contributed by atoms with E-state index in [4.69, 9.17) is 16.6 Å². The van der Waals surface area contributed by atoms with Crippen molar-refractivity contribution in [3.63, 3.8) is 0 Å². The van der Waals surface area contributed by atoms with Gasteiger partial charge in [0.25, 0.3) is 0 Å². The Labute approximate surface area is 139 Å². The largest absolute Gasteiger partial charge is 0.348 e. The molecule has 1 saturated heterocycles. The maximum atomic E-state index is 11.7. The summed E-state index contributed by atoms with van der Waals surface area (Å²) < 4.78 is 0. The number of rotatable bonds is 4. The van der Waals surface area contributed by atoms with Crippen molar-refractivity contribution in [1.82, 2.24) is 4.98 Å². The summed E-state index contributed by atoms with van der Waals surface area (Å²) in [6.07, 6.45) is 2.49. The zero-order valence-electron chi connectivity index (χ0n) is 12.4. The van der Waals surface area contributed by atoms with Gasteiger partial charge in [-0.05, 0) is 31.9 Å². The molecule has 116 valence electrons. The van der Waals surface area contributed by atoms with E-state index in [0.717, 1.165) is 35.2 Å². The molecule has 1 fully saturated rings. The molecular formula is C16H18ClN3OS. The summed E-state index contributed by atoms with van der Waals surface area (Å²) in [5, 5.41) is 5.40. The molecule has 22 heavy (non-hydrogen) atoms. The van der Waals surface area contributed by atoms with Gasteiger partial charge in [0.05, 0.1) is 5.69 Å². The second-order valence-electron chi connectivity index (χ2n) is 5.40. The van der Waals surface area contributed by atoms with Crippen LogP contribution in [0.1, 0.15) is 19.8 Å². The summed E-state index contributed by atoms with van der Waals surface area (Å²) in [5.41, 5.74) is 2.69. The third kappa shape index (κ3) is 3.42. The Morgan fingerprint density at radius 1 is 1.41 bits per heavy atom. The Balaban J connectivity index is 1.78. The van der Waals surface area contributed by atoms with Crippen LogP contribution >= 0.6 is 22.9 Å². The average molecular weight is 336 g/mol. The Morgan fingerprint density at radius 2 is 2.18 bits per heavy atom. The number of alkyl halides is 1. The van der Waals surface area contributed by atoms with E-state index in [1.807, 2.05) is 24.3 Å². The minimum Gasteiger partial charge on any atom is -0.348 e. The first-order valence-electron chi connectivity index (χ1n) is 7.39. The number of benzene rings is 1. The van der Waals surface area contributed by atoms with Gasteiger partial charge in [-0.15, -0.1) is 22.9 Å². The van der Waals surface area contributed by atoms with Gasteiger partial charge in [-0.2, -0.15) is 0 Å². The van der Waals surface area contributed by atoms with Gasteiger partial charge in [0, 0.05) is 29.7 Å². The maximum absolute atomic E-state index is 11.7. The quantitative estimate of drug-likeness (QED) is 0.860. The first-order valence-corrected chi connectivity index (χ1v) is 8.71. The molecule has 2 heterocycles. The van der Waals surface area contributed by atoms with Gasteiger partial charge in [0.2, 0.25) is 5.91 Å². The van der Waals surface area contributed by atoms with Crippen LogP contribution in [0.5, 0.6) is 0 Å². The number of anilines is 2. The Morgan fingerprint density at radius 3 is 2.91 bits per heavy atom. The summed E-state index contributed by atoms with van der Waals surface area (Å²) in [6, 6.07) is 7.70. The van der Waals surface area contributed by atoms with Crippen molar-refractivity contribution in [3.05, 3.63) is 29.6 Å². The number of hydrogen-bond donors (Lipinski definition) is 1. The smallest absolute Gasteiger partial charge is 0.242 e. The minimum absolute atomic E-state index is 0.199. The molecule has 1 aromatic heterocycles. The van der Waals surface area contributed by atoms with E-state index in [-0.39, 0.29) is 5.91 Å². The van der Waals surface area contributed by atoms with E-state index in [9.17, 15) is 4.79 Å². The molecule has 1 amide bonds. The highest BCUT2D eigenvalue weighted by Gasteiger charge is 2.16. The number of amides is 1. The first-order chi connectivity index (χ1) is 10.6. The molecule has 3 rings (SSSR count). The second kappa shape index (κ2) is 6.67. The predicted octanol–water partition coefficient (Wildman–Crippen LogP) is 3.98. The molecule has 6 heteroatoms. The Kier molecular flexibility index (Phi) is 4.64. The topological polar surface area (TPSA) is 45.2 Å². The summed E-state index contributed by atoms with van der Waals surface area (Å²) in [6.45, 7) is 3.84. The molecule has 0 spiro atoms. The lowest BCUT2D eigenvalue weighted by Crippen LogP contribution is -2.20. The lowest BCUT2D eigenvalue weighted by Gasteiger charge is -2.12. The van der Waals surface area contributed by atoms with Crippen molar-refractivity contribution >= 4 is 39.7 Å². The van der Waals surface area contributed by atoms with Gasteiger partial charge in [-0.3, -0.25) is 4.79 Å². The van der Waals surface area contributed by atoms with Crippen LogP contribution in [0, 0.1) is 0 Å². The third-order valence-corrected chi connectivity index (χ3v) is 4.76. The van der Waals surface area contributed by atoms with Crippen LogP contribution < -0.4 is 10.2 Å². The van der Waals surface area contributed by atoms with Gasteiger partial charge in [-0.1, -0.05) is 12.1 Å². The third-order valence-electron chi connectivity index (χ3n) is 3.66. The number of carbonyl (C=O) groups excluding carboxylic acids is 1. The highest BCUT2D eigenvalue weighted by atomic mass is 35.5.